The standard InChI is InChI=1S/C13H14ClNO/c1-2-11(10-14)9-12-5-3-4-6-13(12)16-8-7-15/h3-6,9H,2,8,10H2,1H3. The zero-order valence-corrected chi connectivity index (χ0v) is 10.00. The summed E-state index contributed by atoms with van der Waals surface area (Å²) in [5.41, 5.74) is 2.12. The maximum absolute atomic E-state index is 8.48. The Morgan fingerprint density at radius 3 is 2.88 bits per heavy atom. The first-order valence-corrected chi connectivity index (χ1v) is 5.69. The van der Waals surface area contributed by atoms with E-state index in [-0.39, 0.29) is 6.61 Å². The normalized spacial score (nSPS) is 10.9. The minimum atomic E-state index is 0.0627. The van der Waals surface area contributed by atoms with Gasteiger partial charge < -0.3 is 4.74 Å². The first-order chi connectivity index (χ1) is 7.81. The molecule has 0 amide bonds. The summed E-state index contributed by atoms with van der Waals surface area (Å²) in [6.07, 6.45) is 2.93. The van der Waals surface area contributed by atoms with Crippen molar-refractivity contribution in [3.05, 3.63) is 35.4 Å². The first kappa shape index (κ1) is 12.6. The fraction of sp³-hybridized carbons (Fsp3) is 0.308. The number of nitrogens with zero attached hydrogens (tertiary/aromatic N) is 1. The van der Waals surface area contributed by atoms with Crippen molar-refractivity contribution < 1.29 is 4.74 Å². The van der Waals surface area contributed by atoms with Gasteiger partial charge in [0.25, 0.3) is 0 Å². The fourth-order valence-electron chi connectivity index (χ4n) is 1.30. The van der Waals surface area contributed by atoms with Crippen LogP contribution in [0.25, 0.3) is 6.08 Å². The zero-order chi connectivity index (χ0) is 11.8. The lowest BCUT2D eigenvalue weighted by Gasteiger charge is -2.07. The number of para-hydroxylation sites is 1. The van der Waals surface area contributed by atoms with Crippen molar-refractivity contribution in [2.24, 2.45) is 0 Å². The summed E-state index contributed by atoms with van der Waals surface area (Å²) < 4.78 is 5.33. The summed E-state index contributed by atoms with van der Waals surface area (Å²) >= 11 is 5.81. The lowest BCUT2D eigenvalue weighted by atomic mass is 10.1. The van der Waals surface area contributed by atoms with Gasteiger partial charge in [0.15, 0.2) is 6.61 Å². The largest absolute Gasteiger partial charge is 0.478 e. The highest BCUT2D eigenvalue weighted by Gasteiger charge is 2.01. The highest BCUT2D eigenvalue weighted by atomic mass is 35.5. The molecule has 0 saturated carbocycles. The van der Waals surface area contributed by atoms with Crippen LogP contribution in [-0.2, 0) is 0 Å². The summed E-state index contributed by atoms with van der Waals surface area (Å²) in [7, 11) is 0. The molecule has 0 spiro atoms. The predicted octanol–water partition coefficient (Wildman–Crippen LogP) is 3.62. The summed E-state index contributed by atoms with van der Waals surface area (Å²) in [6, 6.07) is 9.58. The van der Waals surface area contributed by atoms with Crippen LogP contribution in [0.2, 0.25) is 0 Å². The van der Waals surface area contributed by atoms with Gasteiger partial charge in [0, 0.05) is 11.4 Å². The number of hydrogen-bond donors (Lipinski definition) is 0. The van der Waals surface area contributed by atoms with E-state index in [9.17, 15) is 0 Å². The highest BCUT2D eigenvalue weighted by Crippen LogP contribution is 2.22. The summed E-state index contributed by atoms with van der Waals surface area (Å²) in [5, 5.41) is 8.48. The van der Waals surface area contributed by atoms with E-state index in [1.165, 1.54) is 0 Å². The minimum absolute atomic E-state index is 0.0627. The second kappa shape index (κ2) is 6.92. The van der Waals surface area contributed by atoms with Gasteiger partial charge in [-0.05, 0) is 12.5 Å². The Morgan fingerprint density at radius 2 is 2.25 bits per heavy atom. The van der Waals surface area contributed by atoms with E-state index < -0.39 is 0 Å². The topological polar surface area (TPSA) is 33.0 Å². The Bertz CT molecular complexity index is 401. The number of halogens is 1. The molecule has 0 radical (unpaired) electrons. The molecule has 84 valence electrons. The molecule has 1 aromatic carbocycles. The van der Waals surface area contributed by atoms with E-state index in [0.717, 1.165) is 23.3 Å². The van der Waals surface area contributed by atoms with Gasteiger partial charge in [0.1, 0.15) is 11.8 Å². The molecular formula is C13H14ClNO. The van der Waals surface area contributed by atoms with Crippen LogP contribution in [0.5, 0.6) is 5.75 Å². The van der Waals surface area contributed by atoms with Gasteiger partial charge in [0.2, 0.25) is 0 Å². The van der Waals surface area contributed by atoms with Crippen molar-refractivity contribution >= 4 is 17.7 Å². The number of nitriles is 1. The monoisotopic (exact) mass is 235 g/mol. The molecule has 0 atom stereocenters. The highest BCUT2D eigenvalue weighted by molar-refractivity contribution is 6.19. The molecule has 16 heavy (non-hydrogen) atoms. The van der Waals surface area contributed by atoms with Gasteiger partial charge in [-0.15, -0.1) is 11.6 Å². The molecule has 3 heteroatoms. The quantitative estimate of drug-likeness (QED) is 0.731. The second-order valence-corrected chi connectivity index (χ2v) is 3.54. The Balaban J connectivity index is 2.94. The number of ether oxygens (including phenoxy) is 1. The van der Waals surface area contributed by atoms with Crippen LogP contribution in [0.4, 0.5) is 0 Å². The molecule has 0 aliphatic heterocycles. The maximum Gasteiger partial charge on any atom is 0.174 e. The predicted molar refractivity (Wildman–Crippen MR) is 66.5 cm³/mol. The molecule has 0 saturated heterocycles. The molecule has 1 rings (SSSR count). The zero-order valence-electron chi connectivity index (χ0n) is 9.24. The fourth-order valence-corrected chi connectivity index (χ4v) is 1.56. The SMILES string of the molecule is CCC(=Cc1ccccc1OCC#N)CCl. The molecular weight excluding hydrogens is 222 g/mol. The van der Waals surface area contributed by atoms with Crippen LogP contribution in [0.1, 0.15) is 18.9 Å². The maximum atomic E-state index is 8.48. The van der Waals surface area contributed by atoms with Gasteiger partial charge in [0.05, 0.1) is 0 Å². The molecule has 0 bridgehead atoms. The Hall–Kier alpha value is -1.46. The second-order valence-electron chi connectivity index (χ2n) is 3.27. The molecule has 0 aliphatic carbocycles. The van der Waals surface area contributed by atoms with Gasteiger partial charge in [-0.25, -0.2) is 0 Å². The number of hydrogen-bond acceptors (Lipinski definition) is 2. The van der Waals surface area contributed by atoms with Crippen molar-refractivity contribution in [1.29, 1.82) is 5.26 Å². The molecule has 0 heterocycles. The van der Waals surface area contributed by atoms with E-state index in [4.69, 9.17) is 21.6 Å². The Morgan fingerprint density at radius 1 is 1.50 bits per heavy atom. The third-order valence-electron chi connectivity index (χ3n) is 2.20. The molecule has 2 nitrogen and oxygen atoms in total. The van der Waals surface area contributed by atoms with Crippen molar-refractivity contribution in [1.82, 2.24) is 0 Å². The minimum Gasteiger partial charge on any atom is -0.478 e. The summed E-state index contributed by atoms with van der Waals surface area (Å²) in [5.74, 6) is 1.24. The smallest absolute Gasteiger partial charge is 0.174 e. The third-order valence-corrected chi connectivity index (χ3v) is 2.54. The average Bonchev–Trinajstić information content (AvgIpc) is 2.34. The first-order valence-electron chi connectivity index (χ1n) is 5.16. The molecule has 1 aromatic rings. The van der Waals surface area contributed by atoms with E-state index in [0.29, 0.717) is 5.88 Å². The van der Waals surface area contributed by atoms with E-state index in [1.807, 2.05) is 36.4 Å². The van der Waals surface area contributed by atoms with Crippen LogP contribution in [0, 0.1) is 11.3 Å². The van der Waals surface area contributed by atoms with Gasteiger partial charge in [-0.1, -0.05) is 36.8 Å². The van der Waals surface area contributed by atoms with Gasteiger partial charge in [-0.3, -0.25) is 0 Å². The number of benzene rings is 1. The Kier molecular flexibility index (Phi) is 5.45. The van der Waals surface area contributed by atoms with Gasteiger partial charge >= 0.3 is 0 Å². The molecule has 0 N–H and O–H groups in total. The van der Waals surface area contributed by atoms with Crippen LogP contribution >= 0.6 is 11.6 Å². The van der Waals surface area contributed by atoms with Crippen molar-refractivity contribution in [2.45, 2.75) is 13.3 Å². The van der Waals surface area contributed by atoms with Crippen LogP contribution in [0.15, 0.2) is 29.8 Å². The summed E-state index contributed by atoms with van der Waals surface area (Å²) in [6.45, 7) is 2.13. The van der Waals surface area contributed by atoms with E-state index in [1.54, 1.807) is 0 Å². The van der Waals surface area contributed by atoms with E-state index >= 15 is 0 Å². The lowest BCUT2D eigenvalue weighted by molar-refractivity contribution is 0.367. The average molecular weight is 236 g/mol. The number of rotatable bonds is 5. The van der Waals surface area contributed by atoms with Gasteiger partial charge in [-0.2, -0.15) is 5.26 Å². The van der Waals surface area contributed by atoms with E-state index in [2.05, 4.69) is 6.92 Å². The molecule has 0 aromatic heterocycles. The summed E-state index contributed by atoms with van der Waals surface area (Å²) in [4.78, 5) is 0. The molecule has 0 aliphatic rings. The third kappa shape index (κ3) is 3.60. The molecule has 0 unspecified atom stereocenters. The van der Waals surface area contributed by atoms with Crippen molar-refractivity contribution in [2.75, 3.05) is 12.5 Å². The number of alkyl halides is 1. The lowest BCUT2D eigenvalue weighted by Crippen LogP contribution is -1.95. The van der Waals surface area contributed by atoms with Crippen LogP contribution in [-0.4, -0.2) is 12.5 Å². The van der Waals surface area contributed by atoms with Crippen LogP contribution < -0.4 is 4.74 Å². The molecule has 0 fully saturated rings. The Labute approximate surface area is 101 Å². The van der Waals surface area contributed by atoms with Crippen LogP contribution in [0.3, 0.4) is 0 Å². The van der Waals surface area contributed by atoms with Crippen molar-refractivity contribution in [3.8, 4) is 11.8 Å². The van der Waals surface area contributed by atoms with Crippen molar-refractivity contribution in [3.63, 3.8) is 0 Å². The number of allylic oxidation sites excluding steroid dienone is 1.